The van der Waals surface area contributed by atoms with Crippen LogP contribution in [0.2, 0.25) is 0 Å². The highest BCUT2D eigenvalue weighted by atomic mass is 16.6. The van der Waals surface area contributed by atoms with Crippen molar-refractivity contribution in [2.24, 2.45) is 5.92 Å². The molecule has 1 saturated carbocycles. The molecule has 1 aromatic rings. The molecule has 25 heavy (non-hydrogen) atoms. The molecule has 0 amide bonds. The number of benzene rings is 1. The van der Waals surface area contributed by atoms with Crippen LogP contribution in [0.4, 0.5) is 0 Å². The van der Waals surface area contributed by atoms with Crippen LogP contribution in [0, 0.1) is 5.92 Å². The predicted molar refractivity (Wildman–Crippen MR) is 91.8 cm³/mol. The average molecular weight is 343 g/mol. The van der Waals surface area contributed by atoms with Crippen molar-refractivity contribution >= 4 is 5.97 Å². The van der Waals surface area contributed by atoms with E-state index < -0.39 is 0 Å². The minimum atomic E-state index is -0.217. The molecule has 4 aliphatic rings. The van der Waals surface area contributed by atoms with Gasteiger partial charge in [0.25, 0.3) is 0 Å². The molecule has 5 unspecified atom stereocenters. The third-order valence-corrected chi connectivity index (χ3v) is 7.11. The lowest BCUT2D eigenvalue weighted by Crippen LogP contribution is -2.66. The number of likely N-dealkylation sites (tertiary alicyclic amines) is 1. The predicted octanol–water partition coefficient (Wildman–Crippen LogP) is 2.38. The number of ether oxygens (including phenoxy) is 2. The number of aromatic hydroxyl groups is 1. The van der Waals surface area contributed by atoms with Crippen LogP contribution in [-0.4, -0.2) is 47.8 Å². The van der Waals surface area contributed by atoms with Gasteiger partial charge in [-0.25, -0.2) is 0 Å². The maximum atomic E-state index is 12.0. The Morgan fingerprint density at radius 3 is 3.08 bits per heavy atom. The molecule has 1 N–H and O–H groups in total. The van der Waals surface area contributed by atoms with Crippen molar-refractivity contribution in [2.45, 2.75) is 62.7 Å². The standard InChI is InChI=1S/C20H25NO4/c1-3-16(23)24-15-7-5-12-13-10-11-4-6-14(22)18-17(11)20(12,19(15)25-18)8-9-21(13)2/h4,6,12-13,15,19,22H,3,5,7-10H2,1-2H3. The highest BCUT2D eigenvalue weighted by Crippen LogP contribution is 2.63. The molecule has 1 spiro atoms. The monoisotopic (exact) mass is 343 g/mol. The Kier molecular flexibility index (Phi) is 3.18. The number of hydrogen-bond donors (Lipinski definition) is 1. The molecule has 2 aliphatic heterocycles. The van der Waals surface area contributed by atoms with E-state index in [2.05, 4.69) is 18.0 Å². The number of phenolic OH excluding ortho intramolecular Hbond substituents is 1. The number of likely N-dealkylation sites (N-methyl/N-ethyl adjacent to an activating group) is 1. The van der Waals surface area contributed by atoms with Crippen molar-refractivity contribution in [3.05, 3.63) is 23.3 Å². The summed E-state index contributed by atoms with van der Waals surface area (Å²) in [5.74, 6) is 1.21. The van der Waals surface area contributed by atoms with Gasteiger partial charge in [-0.1, -0.05) is 13.0 Å². The maximum Gasteiger partial charge on any atom is 0.305 e. The van der Waals surface area contributed by atoms with E-state index in [1.54, 1.807) is 6.07 Å². The number of esters is 1. The quantitative estimate of drug-likeness (QED) is 0.836. The van der Waals surface area contributed by atoms with Gasteiger partial charge in [0.05, 0.1) is 0 Å². The van der Waals surface area contributed by atoms with Crippen molar-refractivity contribution < 1.29 is 19.4 Å². The van der Waals surface area contributed by atoms with Gasteiger partial charge in [-0.3, -0.25) is 4.79 Å². The number of phenols is 1. The zero-order valence-corrected chi connectivity index (χ0v) is 14.8. The Morgan fingerprint density at radius 1 is 1.44 bits per heavy atom. The lowest BCUT2D eigenvalue weighted by molar-refractivity contribution is -0.165. The number of hydrogen-bond acceptors (Lipinski definition) is 5. The first-order valence-electron chi connectivity index (χ1n) is 9.48. The van der Waals surface area contributed by atoms with Crippen LogP contribution in [0.3, 0.4) is 0 Å². The molecule has 2 aliphatic carbocycles. The van der Waals surface area contributed by atoms with Gasteiger partial charge >= 0.3 is 5.97 Å². The number of carbonyl (C=O) groups excluding carboxylic acids is 1. The van der Waals surface area contributed by atoms with Crippen LogP contribution in [0.25, 0.3) is 0 Å². The third-order valence-electron chi connectivity index (χ3n) is 7.11. The Labute approximate surface area is 147 Å². The normalized spacial score (nSPS) is 38.0. The number of carbonyl (C=O) groups is 1. The molecular weight excluding hydrogens is 318 g/mol. The average Bonchev–Trinajstić information content (AvgIpc) is 2.96. The summed E-state index contributed by atoms with van der Waals surface area (Å²) in [5.41, 5.74) is 2.39. The molecule has 134 valence electrons. The Balaban J connectivity index is 1.66. The van der Waals surface area contributed by atoms with Crippen LogP contribution < -0.4 is 4.74 Å². The Hall–Kier alpha value is -1.75. The van der Waals surface area contributed by atoms with Gasteiger partial charge in [0.15, 0.2) is 11.5 Å². The Morgan fingerprint density at radius 2 is 2.28 bits per heavy atom. The molecule has 2 fully saturated rings. The van der Waals surface area contributed by atoms with Gasteiger partial charge < -0.3 is 19.5 Å². The zero-order valence-electron chi connectivity index (χ0n) is 14.8. The number of rotatable bonds is 2. The number of nitrogens with zero attached hydrogens (tertiary/aromatic N) is 1. The van der Waals surface area contributed by atoms with Crippen molar-refractivity contribution in [1.29, 1.82) is 0 Å². The molecule has 0 aromatic heterocycles. The van der Waals surface area contributed by atoms with Crippen LogP contribution >= 0.6 is 0 Å². The van der Waals surface area contributed by atoms with Crippen LogP contribution in [0.15, 0.2) is 12.1 Å². The molecule has 5 nitrogen and oxygen atoms in total. The van der Waals surface area contributed by atoms with Crippen molar-refractivity contribution in [3.8, 4) is 11.5 Å². The van der Waals surface area contributed by atoms with Crippen LogP contribution in [0.5, 0.6) is 11.5 Å². The highest BCUT2D eigenvalue weighted by Gasteiger charge is 2.66. The lowest BCUT2D eigenvalue weighted by Gasteiger charge is -2.58. The first-order chi connectivity index (χ1) is 12.1. The van der Waals surface area contributed by atoms with E-state index >= 15 is 0 Å². The fourth-order valence-corrected chi connectivity index (χ4v) is 6.06. The van der Waals surface area contributed by atoms with E-state index in [1.807, 2.05) is 6.92 Å². The molecule has 0 radical (unpaired) electrons. The topological polar surface area (TPSA) is 59.0 Å². The Bertz CT molecular complexity index is 747. The summed E-state index contributed by atoms with van der Waals surface area (Å²) >= 11 is 0. The summed E-state index contributed by atoms with van der Waals surface area (Å²) in [6.45, 7) is 2.84. The van der Waals surface area contributed by atoms with Gasteiger partial charge in [-0.05, 0) is 56.8 Å². The SMILES string of the molecule is CCC(=O)OC1CCC2C3Cc4ccc(O)c5c4C2(CCN3C)C1O5. The molecule has 2 heterocycles. The molecule has 1 saturated heterocycles. The summed E-state index contributed by atoms with van der Waals surface area (Å²) in [6.07, 6.45) is 3.90. The van der Waals surface area contributed by atoms with E-state index in [4.69, 9.17) is 9.47 Å². The largest absolute Gasteiger partial charge is 0.504 e. The van der Waals surface area contributed by atoms with E-state index in [0.717, 1.165) is 32.2 Å². The van der Waals surface area contributed by atoms with Gasteiger partial charge in [0.2, 0.25) is 0 Å². The summed E-state index contributed by atoms with van der Waals surface area (Å²) in [7, 11) is 2.22. The van der Waals surface area contributed by atoms with Crippen molar-refractivity contribution in [3.63, 3.8) is 0 Å². The summed E-state index contributed by atoms with van der Waals surface area (Å²) < 4.78 is 12.1. The minimum absolute atomic E-state index is 0.115. The lowest BCUT2D eigenvalue weighted by atomic mass is 9.51. The third kappa shape index (κ3) is 1.85. The molecule has 2 bridgehead atoms. The second-order valence-electron chi connectivity index (χ2n) is 8.09. The summed E-state index contributed by atoms with van der Waals surface area (Å²) in [6, 6.07) is 4.32. The van der Waals surface area contributed by atoms with Gasteiger partial charge in [0, 0.05) is 23.4 Å². The minimum Gasteiger partial charge on any atom is -0.504 e. The van der Waals surface area contributed by atoms with E-state index in [-0.39, 0.29) is 29.3 Å². The van der Waals surface area contributed by atoms with Crippen molar-refractivity contribution in [2.75, 3.05) is 13.6 Å². The zero-order chi connectivity index (χ0) is 17.3. The van der Waals surface area contributed by atoms with Crippen LogP contribution in [0.1, 0.15) is 43.7 Å². The smallest absolute Gasteiger partial charge is 0.305 e. The molecule has 5 heteroatoms. The molecule has 5 rings (SSSR count). The van der Waals surface area contributed by atoms with E-state index in [9.17, 15) is 9.90 Å². The summed E-state index contributed by atoms with van der Waals surface area (Å²) in [5, 5.41) is 10.4. The fourth-order valence-electron chi connectivity index (χ4n) is 6.06. The maximum absolute atomic E-state index is 12.0. The molecule has 5 atom stereocenters. The fraction of sp³-hybridized carbons (Fsp3) is 0.650. The van der Waals surface area contributed by atoms with E-state index in [1.165, 1.54) is 11.1 Å². The number of piperidine rings is 1. The second kappa shape index (κ2) is 5.13. The highest BCUT2D eigenvalue weighted by molar-refractivity contribution is 5.69. The van der Waals surface area contributed by atoms with Gasteiger partial charge in [-0.2, -0.15) is 0 Å². The molecule has 1 aromatic carbocycles. The second-order valence-corrected chi connectivity index (χ2v) is 8.09. The van der Waals surface area contributed by atoms with Crippen LogP contribution in [-0.2, 0) is 21.4 Å². The van der Waals surface area contributed by atoms with Crippen molar-refractivity contribution in [1.82, 2.24) is 4.90 Å². The molecular formula is C20H25NO4. The first kappa shape index (κ1) is 15.5. The first-order valence-corrected chi connectivity index (χ1v) is 9.48. The van der Waals surface area contributed by atoms with E-state index in [0.29, 0.717) is 24.1 Å². The van der Waals surface area contributed by atoms with Gasteiger partial charge in [-0.15, -0.1) is 0 Å². The summed E-state index contributed by atoms with van der Waals surface area (Å²) in [4.78, 5) is 14.4. The van der Waals surface area contributed by atoms with Gasteiger partial charge in [0.1, 0.15) is 12.2 Å².